The Morgan fingerprint density at radius 1 is 1.05 bits per heavy atom. The molecule has 0 spiro atoms. The van der Waals surface area contributed by atoms with Crippen LogP contribution in [0.25, 0.3) is 22.4 Å². The third-order valence-corrected chi connectivity index (χ3v) is 4.30. The van der Waals surface area contributed by atoms with Crippen LogP contribution in [0.5, 0.6) is 5.75 Å². The van der Waals surface area contributed by atoms with Gasteiger partial charge in [-0.1, -0.05) is 0 Å². The van der Waals surface area contributed by atoms with Gasteiger partial charge < -0.3 is 14.6 Å². The van der Waals surface area contributed by atoms with Crippen molar-refractivity contribution in [2.75, 3.05) is 25.1 Å². The summed E-state index contributed by atoms with van der Waals surface area (Å²) in [6.45, 7) is 2.34. The summed E-state index contributed by atoms with van der Waals surface area (Å²) in [6, 6.07) is 14.6. The molecule has 0 saturated carbocycles. The number of fused-ring (bicyclic) bond motifs is 1. The first kappa shape index (κ1) is 13.2. The van der Waals surface area contributed by atoms with Crippen molar-refractivity contribution in [2.45, 2.75) is 12.8 Å². The Kier molecular flexibility index (Phi) is 3.22. The number of methoxy groups -OCH3 is 1. The van der Waals surface area contributed by atoms with Crippen molar-refractivity contribution in [2.24, 2.45) is 0 Å². The second-order valence-electron chi connectivity index (χ2n) is 5.71. The Morgan fingerprint density at radius 2 is 1.82 bits per heavy atom. The SMILES string of the molecule is COc1ccc2nc(-c3ccc(N4CCCC4)cc3)[nH]c2c1. The molecule has 1 saturated heterocycles. The molecular weight excluding hydrogens is 274 g/mol. The number of anilines is 1. The fourth-order valence-corrected chi connectivity index (χ4v) is 3.06. The maximum atomic E-state index is 5.26. The number of hydrogen-bond donors (Lipinski definition) is 1. The van der Waals surface area contributed by atoms with Gasteiger partial charge in [-0.2, -0.15) is 0 Å². The van der Waals surface area contributed by atoms with E-state index < -0.39 is 0 Å². The highest BCUT2D eigenvalue weighted by Crippen LogP contribution is 2.26. The summed E-state index contributed by atoms with van der Waals surface area (Å²) in [5, 5.41) is 0. The van der Waals surface area contributed by atoms with Crippen LogP contribution in [0.4, 0.5) is 5.69 Å². The molecule has 1 fully saturated rings. The van der Waals surface area contributed by atoms with E-state index in [9.17, 15) is 0 Å². The number of H-pyrrole nitrogens is 1. The lowest BCUT2D eigenvalue weighted by atomic mass is 10.2. The summed E-state index contributed by atoms with van der Waals surface area (Å²) < 4.78 is 5.26. The molecule has 2 heterocycles. The van der Waals surface area contributed by atoms with Crippen LogP contribution in [0, 0.1) is 0 Å². The first-order chi connectivity index (χ1) is 10.8. The van der Waals surface area contributed by atoms with Crippen molar-refractivity contribution in [1.29, 1.82) is 0 Å². The Hall–Kier alpha value is -2.49. The van der Waals surface area contributed by atoms with Crippen LogP contribution in [-0.4, -0.2) is 30.2 Å². The van der Waals surface area contributed by atoms with Gasteiger partial charge in [0, 0.05) is 30.4 Å². The Bertz CT molecular complexity index is 786. The van der Waals surface area contributed by atoms with Gasteiger partial charge in [-0.25, -0.2) is 4.98 Å². The van der Waals surface area contributed by atoms with Crippen molar-refractivity contribution in [1.82, 2.24) is 9.97 Å². The Balaban J connectivity index is 1.66. The molecule has 2 aromatic carbocycles. The molecule has 1 N–H and O–H groups in total. The number of aromatic nitrogens is 2. The molecule has 0 unspecified atom stereocenters. The van der Waals surface area contributed by atoms with Gasteiger partial charge in [-0.3, -0.25) is 0 Å². The van der Waals surface area contributed by atoms with Crippen LogP contribution in [0.3, 0.4) is 0 Å². The molecule has 4 heteroatoms. The minimum Gasteiger partial charge on any atom is -0.497 e. The van der Waals surface area contributed by atoms with Crippen LogP contribution in [0.15, 0.2) is 42.5 Å². The molecule has 1 aromatic heterocycles. The molecule has 0 aliphatic carbocycles. The second kappa shape index (κ2) is 5.37. The first-order valence-electron chi connectivity index (χ1n) is 7.73. The molecule has 22 heavy (non-hydrogen) atoms. The van der Waals surface area contributed by atoms with Crippen LogP contribution in [-0.2, 0) is 0 Å². The summed E-state index contributed by atoms with van der Waals surface area (Å²) in [5.74, 6) is 1.74. The molecular formula is C18H19N3O. The molecule has 0 amide bonds. The van der Waals surface area contributed by atoms with Gasteiger partial charge >= 0.3 is 0 Å². The molecule has 4 rings (SSSR count). The summed E-state index contributed by atoms with van der Waals surface area (Å²) >= 11 is 0. The number of benzene rings is 2. The summed E-state index contributed by atoms with van der Waals surface area (Å²) in [6.07, 6.45) is 2.60. The Labute approximate surface area is 129 Å². The maximum absolute atomic E-state index is 5.26. The van der Waals surface area contributed by atoms with Crippen molar-refractivity contribution in [3.8, 4) is 17.1 Å². The molecule has 112 valence electrons. The third-order valence-electron chi connectivity index (χ3n) is 4.30. The number of imidazole rings is 1. The monoisotopic (exact) mass is 293 g/mol. The van der Waals surface area contributed by atoms with Crippen molar-refractivity contribution in [3.63, 3.8) is 0 Å². The molecule has 1 aliphatic rings. The van der Waals surface area contributed by atoms with E-state index in [4.69, 9.17) is 4.74 Å². The zero-order valence-corrected chi connectivity index (χ0v) is 12.7. The molecule has 0 bridgehead atoms. The van der Waals surface area contributed by atoms with Crippen LogP contribution in [0.1, 0.15) is 12.8 Å². The van der Waals surface area contributed by atoms with Gasteiger partial charge in [-0.05, 0) is 49.2 Å². The quantitative estimate of drug-likeness (QED) is 0.797. The maximum Gasteiger partial charge on any atom is 0.138 e. The van der Waals surface area contributed by atoms with Gasteiger partial charge in [0.2, 0.25) is 0 Å². The smallest absolute Gasteiger partial charge is 0.138 e. The van der Waals surface area contributed by atoms with E-state index in [2.05, 4.69) is 39.1 Å². The highest BCUT2D eigenvalue weighted by atomic mass is 16.5. The van der Waals surface area contributed by atoms with Gasteiger partial charge in [0.1, 0.15) is 11.6 Å². The number of rotatable bonds is 3. The lowest BCUT2D eigenvalue weighted by Crippen LogP contribution is -2.17. The van der Waals surface area contributed by atoms with Crippen molar-refractivity contribution in [3.05, 3.63) is 42.5 Å². The predicted octanol–water partition coefficient (Wildman–Crippen LogP) is 3.84. The lowest BCUT2D eigenvalue weighted by molar-refractivity contribution is 0.415. The number of nitrogens with zero attached hydrogens (tertiary/aromatic N) is 2. The number of ether oxygens (including phenoxy) is 1. The Morgan fingerprint density at radius 3 is 2.55 bits per heavy atom. The highest BCUT2D eigenvalue weighted by Gasteiger charge is 2.12. The van der Waals surface area contributed by atoms with Gasteiger partial charge in [0.15, 0.2) is 0 Å². The summed E-state index contributed by atoms with van der Waals surface area (Å²) in [5.41, 5.74) is 4.37. The average molecular weight is 293 g/mol. The van der Waals surface area contributed by atoms with E-state index >= 15 is 0 Å². The fourth-order valence-electron chi connectivity index (χ4n) is 3.06. The molecule has 0 atom stereocenters. The van der Waals surface area contributed by atoms with E-state index in [0.29, 0.717) is 0 Å². The minimum absolute atomic E-state index is 0.840. The van der Waals surface area contributed by atoms with E-state index in [1.807, 2.05) is 18.2 Å². The van der Waals surface area contributed by atoms with Crippen LogP contribution >= 0.6 is 0 Å². The third kappa shape index (κ3) is 2.30. The largest absolute Gasteiger partial charge is 0.497 e. The fraction of sp³-hybridized carbons (Fsp3) is 0.278. The van der Waals surface area contributed by atoms with E-state index in [1.165, 1.54) is 31.6 Å². The first-order valence-corrected chi connectivity index (χ1v) is 7.73. The van der Waals surface area contributed by atoms with Crippen molar-refractivity contribution >= 4 is 16.7 Å². The van der Waals surface area contributed by atoms with E-state index in [0.717, 1.165) is 28.2 Å². The predicted molar refractivity (Wildman–Crippen MR) is 89.5 cm³/mol. The molecule has 4 nitrogen and oxygen atoms in total. The van der Waals surface area contributed by atoms with E-state index in [-0.39, 0.29) is 0 Å². The van der Waals surface area contributed by atoms with Crippen molar-refractivity contribution < 1.29 is 4.74 Å². The zero-order valence-electron chi connectivity index (χ0n) is 12.7. The number of nitrogens with one attached hydrogen (secondary N) is 1. The minimum atomic E-state index is 0.840. The molecule has 1 aliphatic heterocycles. The van der Waals surface area contributed by atoms with E-state index in [1.54, 1.807) is 7.11 Å². The normalized spacial score (nSPS) is 14.7. The molecule has 0 radical (unpaired) electrons. The standard InChI is InChI=1S/C18H19N3O/c1-22-15-8-9-16-17(12-15)20-18(19-16)13-4-6-14(7-5-13)21-10-2-3-11-21/h4-9,12H,2-3,10-11H2,1H3,(H,19,20). The van der Waals surface area contributed by atoms with Crippen LogP contribution < -0.4 is 9.64 Å². The topological polar surface area (TPSA) is 41.1 Å². The lowest BCUT2D eigenvalue weighted by Gasteiger charge is -2.17. The van der Waals surface area contributed by atoms with Gasteiger partial charge in [0.05, 0.1) is 18.1 Å². The van der Waals surface area contributed by atoms with Crippen LogP contribution in [0.2, 0.25) is 0 Å². The van der Waals surface area contributed by atoms with Gasteiger partial charge in [-0.15, -0.1) is 0 Å². The zero-order chi connectivity index (χ0) is 14.9. The average Bonchev–Trinajstić information content (AvgIpc) is 3.23. The number of hydrogen-bond acceptors (Lipinski definition) is 3. The summed E-state index contributed by atoms with van der Waals surface area (Å²) in [7, 11) is 1.68. The highest BCUT2D eigenvalue weighted by molar-refractivity contribution is 5.81. The summed E-state index contributed by atoms with van der Waals surface area (Å²) in [4.78, 5) is 10.5. The second-order valence-corrected chi connectivity index (χ2v) is 5.71. The number of aromatic amines is 1. The van der Waals surface area contributed by atoms with Gasteiger partial charge in [0.25, 0.3) is 0 Å². The molecule has 3 aromatic rings.